The molecule has 0 N–H and O–H groups in total. The van der Waals surface area contributed by atoms with E-state index >= 15 is 0 Å². The van der Waals surface area contributed by atoms with Gasteiger partial charge in [-0.25, -0.2) is 0 Å². The van der Waals surface area contributed by atoms with Gasteiger partial charge in [0.15, 0.2) is 5.78 Å². The van der Waals surface area contributed by atoms with Crippen LogP contribution in [0.3, 0.4) is 0 Å². The van der Waals surface area contributed by atoms with Crippen LogP contribution in [0.5, 0.6) is 0 Å². The molecule has 0 saturated heterocycles. The number of rotatable bonds is 3. The van der Waals surface area contributed by atoms with E-state index in [4.69, 9.17) is 0 Å². The van der Waals surface area contributed by atoms with E-state index in [9.17, 15) is 4.79 Å². The fourth-order valence-corrected chi connectivity index (χ4v) is 3.32. The highest BCUT2D eigenvalue weighted by Gasteiger charge is 2.19. The lowest BCUT2D eigenvalue weighted by Gasteiger charge is -2.17. The Morgan fingerprint density at radius 3 is 1.91 bits per heavy atom. The van der Waals surface area contributed by atoms with E-state index in [0.717, 1.165) is 33.4 Å². The number of aryl methyl sites for hydroxylation is 2. The monoisotopic (exact) mass is 300 g/mol. The molecule has 0 atom stereocenters. The van der Waals surface area contributed by atoms with Crippen molar-refractivity contribution in [2.24, 2.45) is 0 Å². The predicted octanol–water partition coefficient (Wildman–Crippen LogP) is 5.51. The number of carbonyl (C=O) groups is 1. The number of hydrogen-bond acceptors (Lipinski definition) is 1. The molecule has 0 aliphatic carbocycles. The van der Waals surface area contributed by atoms with Gasteiger partial charge < -0.3 is 0 Å². The van der Waals surface area contributed by atoms with Crippen LogP contribution < -0.4 is 0 Å². The molecular formula is C22H20O. The largest absolute Gasteiger partial charge is 0.289 e. The second kappa shape index (κ2) is 6.21. The highest BCUT2D eigenvalue weighted by molar-refractivity contribution is 6.11. The van der Waals surface area contributed by atoms with Gasteiger partial charge in [-0.1, -0.05) is 66.7 Å². The molecule has 0 aliphatic heterocycles. The normalized spacial score (nSPS) is 10.6. The second-order valence-electron chi connectivity index (χ2n) is 5.95. The fourth-order valence-electron chi connectivity index (χ4n) is 3.32. The van der Waals surface area contributed by atoms with E-state index in [0.29, 0.717) is 0 Å². The first-order chi connectivity index (χ1) is 11.1. The van der Waals surface area contributed by atoms with Gasteiger partial charge in [-0.2, -0.15) is 0 Å². The van der Waals surface area contributed by atoms with Gasteiger partial charge in [-0.05, 0) is 48.6 Å². The van der Waals surface area contributed by atoms with E-state index in [1.54, 1.807) is 0 Å². The molecule has 0 aromatic heterocycles. The number of hydrogen-bond donors (Lipinski definition) is 0. The highest BCUT2D eigenvalue weighted by atomic mass is 16.1. The minimum absolute atomic E-state index is 0.0952. The zero-order valence-electron chi connectivity index (χ0n) is 13.8. The molecule has 114 valence electrons. The maximum absolute atomic E-state index is 13.0. The minimum Gasteiger partial charge on any atom is -0.289 e. The first-order valence-corrected chi connectivity index (χ1v) is 7.85. The third-order valence-electron chi connectivity index (χ3n) is 4.30. The molecule has 3 rings (SSSR count). The first-order valence-electron chi connectivity index (χ1n) is 7.85. The van der Waals surface area contributed by atoms with E-state index in [1.807, 2.05) is 55.5 Å². The van der Waals surface area contributed by atoms with Crippen molar-refractivity contribution in [1.82, 2.24) is 0 Å². The summed E-state index contributed by atoms with van der Waals surface area (Å²) < 4.78 is 0. The van der Waals surface area contributed by atoms with Gasteiger partial charge >= 0.3 is 0 Å². The van der Waals surface area contributed by atoms with Crippen molar-refractivity contribution in [1.29, 1.82) is 0 Å². The number of benzene rings is 3. The second-order valence-corrected chi connectivity index (χ2v) is 5.95. The third-order valence-corrected chi connectivity index (χ3v) is 4.30. The standard InChI is InChI=1S/C22H20O/c1-15-14-16(2)21(22(23)19-12-8-5-9-13-19)17(3)20(15)18-10-6-4-7-11-18/h4-14H,1-3H3. The predicted molar refractivity (Wildman–Crippen MR) is 96.0 cm³/mol. The summed E-state index contributed by atoms with van der Waals surface area (Å²) >= 11 is 0. The van der Waals surface area contributed by atoms with Gasteiger partial charge in [0.25, 0.3) is 0 Å². The van der Waals surface area contributed by atoms with Gasteiger partial charge in [0.05, 0.1) is 0 Å². The summed E-state index contributed by atoms with van der Waals surface area (Å²) in [5.41, 5.74) is 7.18. The third kappa shape index (κ3) is 2.83. The molecule has 23 heavy (non-hydrogen) atoms. The minimum atomic E-state index is 0.0952. The lowest BCUT2D eigenvalue weighted by Crippen LogP contribution is -2.08. The van der Waals surface area contributed by atoms with Crippen molar-refractivity contribution in [3.63, 3.8) is 0 Å². The maximum Gasteiger partial charge on any atom is 0.193 e. The van der Waals surface area contributed by atoms with Crippen molar-refractivity contribution < 1.29 is 4.79 Å². The van der Waals surface area contributed by atoms with Crippen LogP contribution in [0.4, 0.5) is 0 Å². The Bertz CT molecular complexity index is 846. The first kappa shape index (κ1) is 15.2. The lowest BCUT2D eigenvalue weighted by molar-refractivity contribution is 0.103. The lowest BCUT2D eigenvalue weighted by atomic mass is 9.86. The van der Waals surface area contributed by atoms with Crippen LogP contribution in [-0.4, -0.2) is 5.78 Å². The van der Waals surface area contributed by atoms with Crippen molar-refractivity contribution in [3.05, 3.63) is 94.5 Å². The van der Waals surface area contributed by atoms with E-state index in [1.165, 1.54) is 5.56 Å². The SMILES string of the molecule is Cc1cc(C)c(-c2ccccc2)c(C)c1C(=O)c1ccccc1. The summed E-state index contributed by atoms with van der Waals surface area (Å²) in [5.74, 6) is 0.0952. The Kier molecular flexibility index (Phi) is 4.12. The van der Waals surface area contributed by atoms with Crippen LogP contribution in [0, 0.1) is 20.8 Å². The molecule has 0 fully saturated rings. The molecule has 0 spiro atoms. The summed E-state index contributed by atoms with van der Waals surface area (Å²) in [4.78, 5) is 13.0. The Balaban J connectivity index is 2.21. The molecule has 3 aromatic carbocycles. The summed E-state index contributed by atoms with van der Waals surface area (Å²) in [6, 6.07) is 21.9. The van der Waals surface area contributed by atoms with Gasteiger partial charge in [-0.3, -0.25) is 4.79 Å². The fraction of sp³-hybridized carbons (Fsp3) is 0.136. The number of ketones is 1. The van der Waals surface area contributed by atoms with E-state index in [2.05, 4.69) is 32.0 Å². The molecule has 0 heterocycles. The molecule has 0 saturated carbocycles. The average Bonchev–Trinajstić information content (AvgIpc) is 2.56. The molecular weight excluding hydrogens is 280 g/mol. The summed E-state index contributed by atoms with van der Waals surface area (Å²) in [6.45, 7) is 6.18. The Hall–Kier alpha value is -2.67. The summed E-state index contributed by atoms with van der Waals surface area (Å²) in [6.07, 6.45) is 0. The van der Waals surface area contributed by atoms with Crippen LogP contribution in [0.1, 0.15) is 32.6 Å². The zero-order valence-corrected chi connectivity index (χ0v) is 13.8. The van der Waals surface area contributed by atoms with Gasteiger partial charge in [0, 0.05) is 11.1 Å². The van der Waals surface area contributed by atoms with Crippen LogP contribution in [0.2, 0.25) is 0 Å². The zero-order chi connectivity index (χ0) is 16.4. The van der Waals surface area contributed by atoms with E-state index in [-0.39, 0.29) is 5.78 Å². The molecule has 0 amide bonds. The van der Waals surface area contributed by atoms with E-state index < -0.39 is 0 Å². The Labute approximate surface area is 137 Å². The van der Waals surface area contributed by atoms with Gasteiger partial charge in [-0.15, -0.1) is 0 Å². The molecule has 0 bridgehead atoms. The van der Waals surface area contributed by atoms with Crippen LogP contribution in [-0.2, 0) is 0 Å². The summed E-state index contributed by atoms with van der Waals surface area (Å²) in [5, 5.41) is 0. The topological polar surface area (TPSA) is 17.1 Å². The van der Waals surface area contributed by atoms with Crippen molar-refractivity contribution >= 4 is 5.78 Å². The summed E-state index contributed by atoms with van der Waals surface area (Å²) in [7, 11) is 0. The number of carbonyl (C=O) groups excluding carboxylic acids is 1. The van der Waals surface area contributed by atoms with Crippen LogP contribution >= 0.6 is 0 Å². The Morgan fingerprint density at radius 1 is 0.739 bits per heavy atom. The average molecular weight is 300 g/mol. The van der Waals surface area contributed by atoms with Crippen molar-refractivity contribution in [2.75, 3.05) is 0 Å². The van der Waals surface area contributed by atoms with Crippen LogP contribution in [0.25, 0.3) is 11.1 Å². The van der Waals surface area contributed by atoms with Gasteiger partial charge in [0.2, 0.25) is 0 Å². The van der Waals surface area contributed by atoms with Crippen LogP contribution in [0.15, 0.2) is 66.7 Å². The Morgan fingerprint density at radius 2 is 1.30 bits per heavy atom. The molecule has 0 radical (unpaired) electrons. The van der Waals surface area contributed by atoms with Gasteiger partial charge in [0.1, 0.15) is 0 Å². The molecule has 3 aromatic rings. The quantitative estimate of drug-likeness (QED) is 0.583. The molecule has 1 nitrogen and oxygen atoms in total. The van der Waals surface area contributed by atoms with Crippen molar-refractivity contribution in [3.8, 4) is 11.1 Å². The molecule has 0 unspecified atom stereocenters. The maximum atomic E-state index is 13.0. The smallest absolute Gasteiger partial charge is 0.193 e. The molecule has 1 heteroatoms. The van der Waals surface area contributed by atoms with Crippen molar-refractivity contribution in [2.45, 2.75) is 20.8 Å². The molecule has 0 aliphatic rings. The highest BCUT2D eigenvalue weighted by Crippen LogP contribution is 2.32.